The number of hydrogen-bond acceptors (Lipinski definition) is 12. The third kappa shape index (κ3) is 10.5. The first kappa shape index (κ1) is 40.0. The molecule has 12 heteroatoms. The fourth-order valence-corrected chi connectivity index (χ4v) is 5.80. The Morgan fingerprint density at radius 1 is 0.600 bits per heavy atom. The molecule has 0 spiro atoms. The van der Waals surface area contributed by atoms with Gasteiger partial charge in [-0.1, -0.05) is 39.1 Å². The molecule has 0 aliphatic heterocycles. The lowest BCUT2D eigenvalue weighted by molar-refractivity contribution is -0.141. The minimum Gasteiger partial charge on any atom is -0.493 e. The quantitative estimate of drug-likeness (QED) is 0.0679. The first-order chi connectivity index (χ1) is 26.4. The van der Waals surface area contributed by atoms with Crippen LogP contribution in [0.5, 0.6) is 23.0 Å². The van der Waals surface area contributed by atoms with Crippen molar-refractivity contribution in [1.29, 1.82) is 0 Å². The summed E-state index contributed by atoms with van der Waals surface area (Å²) in [4.78, 5) is 48.3. The van der Waals surface area contributed by atoms with E-state index in [-0.39, 0.29) is 39.3 Å². The monoisotopic (exact) mass is 750 g/mol. The molecular weight excluding hydrogens is 708 g/mol. The van der Waals surface area contributed by atoms with Crippen LogP contribution < -0.4 is 18.9 Å². The molecule has 0 heterocycles. The van der Waals surface area contributed by atoms with Gasteiger partial charge in [0.2, 0.25) is 0 Å². The van der Waals surface area contributed by atoms with Gasteiger partial charge in [0.15, 0.2) is 0 Å². The number of rotatable bonds is 18. The molecular formula is C43H42O12. The smallest absolute Gasteiger partial charge is 0.343 e. The van der Waals surface area contributed by atoms with Crippen molar-refractivity contribution in [2.45, 2.75) is 44.3 Å². The number of esters is 4. The number of carbonyl (C=O) groups is 4. The summed E-state index contributed by atoms with van der Waals surface area (Å²) in [6, 6.07) is 23.8. The molecule has 4 aromatic carbocycles. The average molecular weight is 751 g/mol. The van der Waals surface area contributed by atoms with Crippen molar-refractivity contribution in [3.63, 3.8) is 0 Å². The highest BCUT2D eigenvalue weighted by atomic mass is 16.6. The Morgan fingerprint density at radius 2 is 0.964 bits per heavy atom. The highest BCUT2D eigenvalue weighted by Crippen LogP contribution is 2.50. The molecule has 2 atom stereocenters. The fraction of sp³-hybridized carbons (Fsp3) is 0.256. The summed E-state index contributed by atoms with van der Waals surface area (Å²) in [5.74, 6) is -0.575. The van der Waals surface area contributed by atoms with Crippen LogP contribution in [0.15, 0.2) is 110 Å². The van der Waals surface area contributed by atoms with Crippen LogP contribution in [0.3, 0.4) is 0 Å². The minimum absolute atomic E-state index is 0.160. The van der Waals surface area contributed by atoms with Crippen molar-refractivity contribution < 1.29 is 57.8 Å². The molecule has 286 valence electrons. The molecule has 12 nitrogen and oxygen atoms in total. The number of fused-ring (bicyclic) bond motifs is 3. The predicted molar refractivity (Wildman–Crippen MR) is 201 cm³/mol. The second-order valence-corrected chi connectivity index (χ2v) is 13.1. The van der Waals surface area contributed by atoms with E-state index in [4.69, 9.17) is 28.4 Å². The lowest BCUT2D eigenvalue weighted by Crippen LogP contribution is -2.20. The van der Waals surface area contributed by atoms with Crippen molar-refractivity contribution in [2.24, 2.45) is 0 Å². The first-order valence-corrected chi connectivity index (χ1v) is 17.5. The Labute approximate surface area is 318 Å². The highest BCUT2D eigenvalue weighted by Gasteiger charge is 2.36. The van der Waals surface area contributed by atoms with E-state index in [2.05, 4.69) is 13.2 Å². The molecule has 0 amide bonds. The molecule has 0 saturated heterocycles. The van der Waals surface area contributed by atoms with Gasteiger partial charge in [0.1, 0.15) is 36.2 Å². The highest BCUT2D eigenvalue weighted by molar-refractivity contribution is 5.92. The van der Waals surface area contributed by atoms with Crippen LogP contribution in [-0.2, 0) is 24.5 Å². The number of hydrogen-bond donors (Lipinski definition) is 2. The van der Waals surface area contributed by atoms with Gasteiger partial charge in [-0.15, -0.1) is 0 Å². The van der Waals surface area contributed by atoms with Crippen LogP contribution in [0, 0.1) is 0 Å². The van der Waals surface area contributed by atoms with Crippen molar-refractivity contribution in [3.05, 3.63) is 132 Å². The van der Waals surface area contributed by atoms with E-state index in [9.17, 15) is 29.4 Å². The number of aliphatic hydroxyl groups is 2. The lowest BCUT2D eigenvalue weighted by atomic mass is 9.82. The Hall–Kier alpha value is -6.24. The summed E-state index contributed by atoms with van der Waals surface area (Å²) in [6.45, 7) is 10.7. The predicted octanol–water partition coefficient (Wildman–Crippen LogP) is 6.15. The summed E-state index contributed by atoms with van der Waals surface area (Å²) < 4.78 is 32.4. The van der Waals surface area contributed by atoms with E-state index in [1.54, 1.807) is 60.7 Å². The molecule has 2 unspecified atom stereocenters. The van der Waals surface area contributed by atoms with Crippen LogP contribution in [-0.4, -0.2) is 72.7 Å². The molecule has 0 radical (unpaired) electrons. The maximum atomic E-state index is 13.0. The maximum Gasteiger partial charge on any atom is 0.343 e. The van der Waals surface area contributed by atoms with E-state index in [0.29, 0.717) is 34.1 Å². The van der Waals surface area contributed by atoms with Gasteiger partial charge < -0.3 is 38.6 Å². The van der Waals surface area contributed by atoms with Crippen LogP contribution in [0.2, 0.25) is 0 Å². The number of carbonyl (C=O) groups excluding carboxylic acids is 4. The second-order valence-electron chi connectivity index (χ2n) is 13.1. The Kier molecular flexibility index (Phi) is 13.2. The number of ether oxygens (including phenoxy) is 6. The van der Waals surface area contributed by atoms with E-state index in [0.717, 1.165) is 34.4 Å². The standard InChI is InChI=1S/C43H42O12/c1-5-39(46)52-25-29(44)19-21-50-31-11-7-27(8-12-31)41(48)54-33-15-17-35-36-18-16-34(24-38(36)43(3,4)37(35)23-33)55-42(49)28-9-13-32(14-10-28)51-22-20-30(45)26-53-40(47)6-2/h5-18,23-24,29-30,44-45H,1-2,19-22,25-26H2,3-4H3. The Balaban J connectivity index is 1.14. The fourth-order valence-electron chi connectivity index (χ4n) is 5.80. The van der Waals surface area contributed by atoms with Crippen molar-refractivity contribution in [1.82, 2.24) is 0 Å². The molecule has 5 rings (SSSR count). The third-order valence-corrected chi connectivity index (χ3v) is 8.83. The zero-order valence-corrected chi connectivity index (χ0v) is 30.5. The van der Waals surface area contributed by atoms with Gasteiger partial charge in [0, 0.05) is 30.4 Å². The zero-order valence-electron chi connectivity index (χ0n) is 30.5. The van der Waals surface area contributed by atoms with Gasteiger partial charge in [-0.25, -0.2) is 19.2 Å². The molecule has 1 aliphatic rings. The summed E-state index contributed by atoms with van der Waals surface area (Å²) in [5.41, 5.74) is 3.98. The van der Waals surface area contributed by atoms with Gasteiger partial charge in [-0.2, -0.15) is 0 Å². The van der Waals surface area contributed by atoms with Gasteiger partial charge in [0.05, 0.1) is 36.5 Å². The molecule has 2 N–H and O–H groups in total. The maximum absolute atomic E-state index is 13.0. The molecule has 0 saturated carbocycles. The van der Waals surface area contributed by atoms with E-state index >= 15 is 0 Å². The van der Waals surface area contributed by atoms with Gasteiger partial charge >= 0.3 is 23.9 Å². The number of benzene rings is 4. The van der Waals surface area contributed by atoms with Crippen LogP contribution >= 0.6 is 0 Å². The Morgan fingerprint density at radius 3 is 1.33 bits per heavy atom. The molecule has 4 aromatic rings. The van der Waals surface area contributed by atoms with Crippen LogP contribution in [0.25, 0.3) is 11.1 Å². The van der Waals surface area contributed by atoms with Crippen LogP contribution in [0.1, 0.15) is 58.5 Å². The molecule has 0 aromatic heterocycles. The molecule has 0 fully saturated rings. The summed E-state index contributed by atoms with van der Waals surface area (Å²) in [5, 5.41) is 19.8. The van der Waals surface area contributed by atoms with Crippen molar-refractivity contribution in [3.8, 4) is 34.1 Å². The molecule has 0 bridgehead atoms. The number of aliphatic hydroxyl groups excluding tert-OH is 2. The third-order valence-electron chi connectivity index (χ3n) is 8.83. The van der Waals surface area contributed by atoms with E-state index in [1.807, 2.05) is 38.1 Å². The molecule has 55 heavy (non-hydrogen) atoms. The zero-order chi connectivity index (χ0) is 39.5. The van der Waals surface area contributed by atoms with E-state index < -0.39 is 41.5 Å². The minimum atomic E-state index is -0.884. The topological polar surface area (TPSA) is 164 Å². The van der Waals surface area contributed by atoms with Gasteiger partial charge in [-0.05, 0) is 95.1 Å². The average Bonchev–Trinajstić information content (AvgIpc) is 3.41. The summed E-state index contributed by atoms with van der Waals surface area (Å²) >= 11 is 0. The van der Waals surface area contributed by atoms with Crippen LogP contribution in [0.4, 0.5) is 0 Å². The molecule has 1 aliphatic carbocycles. The van der Waals surface area contributed by atoms with Gasteiger partial charge in [-0.3, -0.25) is 0 Å². The largest absolute Gasteiger partial charge is 0.493 e. The van der Waals surface area contributed by atoms with Crippen molar-refractivity contribution >= 4 is 23.9 Å². The first-order valence-electron chi connectivity index (χ1n) is 17.5. The SMILES string of the molecule is C=CC(=O)OCC(O)CCOc1ccc(C(=O)Oc2ccc3c(c2)C(C)(C)c2cc(OC(=O)c4ccc(OCCC(O)COC(=O)C=C)cc4)ccc2-3)cc1. The second kappa shape index (κ2) is 18.2. The summed E-state index contributed by atoms with van der Waals surface area (Å²) in [6.07, 6.45) is 0.751. The van der Waals surface area contributed by atoms with E-state index in [1.165, 1.54) is 0 Å². The van der Waals surface area contributed by atoms with Gasteiger partial charge in [0.25, 0.3) is 0 Å². The Bertz CT molecular complexity index is 1890. The lowest BCUT2D eigenvalue weighted by Gasteiger charge is -2.22. The summed E-state index contributed by atoms with van der Waals surface area (Å²) in [7, 11) is 0. The normalized spacial score (nSPS) is 13.2. The van der Waals surface area contributed by atoms with Crippen molar-refractivity contribution in [2.75, 3.05) is 26.4 Å².